The van der Waals surface area contributed by atoms with Crippen LogP contribution < -0.4 is 5.32 Å². The third-order valence-corrected chi connectivity index (χ3v) is 3.18. The fourth-order valence-electron chi connectivity index (χ4n) is 2.24. The zero-order valence-electron chi connectivity index (χ0n) is 10.9. The molecule has 1 unspecified atom stereocenters. The maximum Gasteiger partial charge on any atom is 0.145 e. The van der Waals surface area contributed by atoms with Crippen LogP contribution in [0.3, 0.4) is 0 Å². The van der Waals surface area contributed by atoms with Gasteiger partial charge in [-0.15, -0.1) is 0 Å². The molecular formula is C14H15N5. The van der Waals surface area contributed by atoms with Gasteiger partial charge in [-0.05, 0) is 37.7 Å². The summed E-state index contributed by atoms with van der Waals surface area (Å²) in [7, 11) is 1.91. The Bertz CT molecular complexity index is 690. The van der Waals surface area contributed by atoms with Gasteiger partial charge in [0.25, 0.3) is 0 Å². The molecule has 0 aliphatic heterocycles. The van der Waals surface area contributed by atoms with Gasteiger partial charge in [0, 0.05) is 11.1 Å². The van der Waals surface area contributed by atoms with E-state index < -0.39 is 0 Å². The van der Waals surface area contributed by atoms with Gasteiger partial charge in [-0.25, -0.2) is 4.98 Å². The summed E-state index contributed by atoms with van der Waals surface area (Å²) >= 11 is 0. The number of H-pyrrole nitrogens is 1. The fraction of sp³-hybridized carbons (Fsp3) is 0.214. The van der Waals surface area contributed by atoms with Gasteiger partial charge in [-0.2, -0.15) is 5.10 Å². The van der Waals surface area contributed by atoms with Crippen molar-refractivity contribution in [3.8, 4) is 0 Å². The maximum atomic E-state index is 4.51. The minimum atomic E-state index is 0.00760. The molecule has 3 aromatic rings. The molecular weight excluding hydrogens is 238 g/mol. The van der Waals surface area contributed by atoms with Crippen LogP contribution in [-0.4, -0.2) is 27.2 Å². The molecule has 0 bridgehead atoms. The second-order valence-electron chi connectivity index (χ2n) is 4.50. The molecule has 0 radical (unpaired) electrons. The molecule has 19 heavy (non-hydrogen) atoms. The summed E-state index contributed by atoms with van der Waals surface area (Å²) in [6.07, 6.45) is 1.52. The van der Waals surface area contributed by atoms with Crippen LogP contribution in [0.1, 0.15) is 23.1 Å². The van der Waals surface area contributed by atoms with Crippen molar-refractivity contribution >= 4 is 10.9 Å². The average molecular weight is 253 g/mol. The van der Waals surface area contributed by atoms with Crippen LogP contribution >= 0.6 is 0 Å². The fourth-order valence-corrected chi connectivity index (χ4v) is 2.24. The van der Waals surface area contributed by atoms with Gasteiger partial charge in [-0.1, -0.05) is 12.1 Å². The lowest BCUT2D eigenvalue weighted by atomic mass is 10.0. The minimum absolute atomic E-state index is 0.00760. The Balaban J connectivity index is 2.07. The van der Waals surface area contributed by atoms with Crippen LogP contribution in [0.15, 0.2) is 36.7 Å². The molecule has 1 atom stereocenters. The molecule has 0 amide bonds. The SMILES string of the molecule is CNC(c1ccc2nc(C)ccc2c1)c1ncn[nH]1. The Morgan fingerprint density at radius 2 is 2.11 bits per heavy atom. The Labute approximate surface area is 111 Å². The number of aromatic amines is 1. The van der Waals surface area contributed by atoms with E-state index in [4.69, 9.17) is 0 Å². The third-order valence-electron chi connectivity index (χ3n) is 3.18. The molecule has 0 aliphatic carbocycles. The highest BCUT2D eigenvalue weighted by molar-refractivity contribution is 5.79. The number of nitrogens with one attached hydrogen (secondary N) is 2. The second-order valence-corrected chi connectivity index (χ2v) is 4.50. The Hall–Kier alpha value is -2.27. The molecule has 0 aliphatic rings. The number of rotatable bonds is 3. The van der Waals surface area contributed by atoms with Crippen molar-refractivity contribution in [1.29, 1.82) is 0 Å². The molecule has 0 saturated heterocycles. The van der Waals surface area contributed by atoms with E-state index in [0.29, 0.717) is 0 Å². The van der Waals surface area contributed by atoms with E-state index in [1.165, 1.54) is 6.33 Å². The molecule has 1 aromatic carbocycles. The minimum Gasteiger partial charge on any atom is -0.307 e. The van der Waals surface area contributed by atoms with Gasteiger partial charge in [0.05, 0.1) is 11.6 Å². The lowest BCUT2D eigenvalue weighted by Gasteiger charge is -2.14. The van der Waals surface area contributed by atoms with E-state index in [2.05, 4.69) is 43.7 Å². The lowest BCUT2D eigenvalue weighted by Crippen LogP contribution is -2.19. The number of benzene rings is 1. The lowest BCUT2D eigenvalue weighted by molar-refractivity contribution is 0.650. The van der Waals surface area contributed by atoms with E-state index in [1.807, 2.05) is 26.1 Å². The topological polar surface area (TPSA) is 66.5 Å². The predicted molar refractivity (Wildman–Crippen MR) is 73.8 cm³/mol. The summed E-state index contributed by atoms with van der Waals surface area (Å²) in [6.45, 7) is 2.00. The molecule has 0 spiro atoms. The largest absolute Gasteiger partial charge is 0.307 e. The van der Waals surface area contributed by atoms with Gasteiger partial charge in [0.2, 0.25) is 0 Å². The number of aryl methyl sites for hydroxylation is 1. The van der Waals surface area contributed by atoms with Crippen LogP contribution in [0.4, 0.5) is 0 Å². The van der Waals surface area contributed by atoms with Crippen LogP contribution in [0.25, 0.3) is 10.9 Å². The zero-order chi connectivity index (χ0) is 13.2. The predicted octanol–water partition coefficient (Wildman–Crippen LogP) is 1.97. The number of fused-ring (bicyclic) bond motifs is 1. The first-order chi connectivity index (χ1) is 9.28. The maximum absolute atomic E-state index is 4.51. The summed E-state index contributed by atoms with van der Waals surface area (Å²) in [4.78, 5) is 8.72. The number of hydrogen-bond acceptors (Lipinski definition) is 4. The van der Waals surface area contributed by atoms with Crippen LogP contribution in [0.2, 0.25) is 0 Å². The standard InChI is InChI=1S/C14H15N5/c1-9-3-4-10-7-11(5-6-12(10)18-9)13(15-2)14-16-8-17-19-14/h3-8,13,15H,1-2H3,(H,16,17,19). The van der Waals surface area contributed by atoms with Crippen molar-refractivity contribution in [1.82, 2.24) is 25.5 Å². The van der Waals surface area contributed by atoms with Crippen molar-refractivity contribution in [2.75, 3.05) is 7.05 Å². The number of hydrogen-bond donors (Lipinski definition) is 2. The van der Waals surface area contributed by atoms with Gasteiger partial charge in [0.1, 0.15) is 12.2 Å². The van der Waals surface area contributed by atoms with Gasteiger partial charge < -0.3 is 5.32 Å². The molecule has 0 saturated carbocycles. The molecule has 2 heterocycles. The van der Waals surface area contributed by atoms with Crippen LogP contribution in [0, 0.1) is 6.92 Å². The van der Waals surface area contributed by atoms with E-state index in [-0.39, 0.29) is 6.04 Å². The molecule has 3 rings (SSSR count). The first-order valence-corrected chi connectivity index (χ1v) is 6.18. The first-order valence-electron chi connectivity index (χ1n) is 6.18. The Morgan fingerprint density at radius 1 is 1.21 bits per heavy atom. The van der Waals surface area contributed by atoms with Crippen molar-refractivity contribution < 1.29 is 0 Å². The zero-order valence-corrected chi connectivity index (χ0v) is 10.9. The van der Waals surface area contributed by atoms with Gasteiger partial charge in [0.15, 0.2) is 0 Å². The number of nitrogens with zero attached hydrogens (tertiary/aromatic N) is 3. The summed E-state index contributed by atoms with van der Waals surface area (Å²) in [6, 6.07) is 10.4. The monoisotopic (exact) mass is 253 g/mol. The van der Waals surface area contributed by atoms with Crippen molar-refractivity contribution in [3.63, 3.8) is 0 Å². The highest BCUT2D eigenvalue weighted by Gasteiger charge is 2.15. The molecule has 2 N–H and O–H groups in total. The van der Waals surface area contributed by atoms with E-state index in [9.17, 15) is 0 Å². The Morgan fingerprint density at radius 3 is 2.84 bits per heavy atom. The van der Waals surface area contributed by atoms with E-state index in [0.717, 1.165) is 28.0 Å². The second kappa shape index (κ2) is 4.78. The van der Waals surface area contributed by atoms with E-state index >= 15 is 0 Å². The van der Waals surface area contributed by atoms with Gasteiger partial charge in [-0.3, -0.25) is 10.1 Å². The quantitative estimate of drug-likeness (QED) is 0.749. The molecule has 2 aromatic heterocycles. The highest BCUT2D eigenvalue weighted by Crippen LogP contribution is 2.22. The smallest absolute Gasteiger partial charge is 0.145 e. The van der Waals surface area contributed by atoms with Crippen LogP contribution in [-0.2, 0) is 0 Å². The average Bonchev–Trinajstić information content (AvgIpc) is 2.93. The van der Waals surface area contributed by atoms with Crippen molar-refractivity contribution in [3.05, 3.63) is 53.7 Å². The van der Waals surface area contributed by atoms with Crippen molar-refractivity contribution in [2.24, 2.45) is 0 Å². The normalized spacial score (nSPS) is 12.7. The summed E-state index contributed by atoms with van der Waals surface area (Å²) in [5, 5.41) is 11.2. The van der Waals surface area contributed by atoms with E-state index in [1.54, 1.807) is 0 Å². The summed E-state index contributed by atoms with van der Waals surface area (Å²) in [5.74, 6) is 0.807. The first kappa shape index (κ1) is 11.8. The van der Waals surface area contributed by atoms with Crippen molar-refractivity contribution in [2.45, 2.75) is 13.0 Å². The third kappa shape index (κ3) is 2.20. The highest BCUT2D eigenvalue weighted by atomic mass is 15.2. The Kier molecular flexibility index (Phi) is 2.97. The molecule has 96 valence electrons. The number of pyridine rings is 1. The summed E-state index contributed by atoms with van der Waals surface area (Å²) < 4.78 is 0. The summed E-state index contributed by atoms with van der Waals surface area (Å²) in [5.41, 5.74) is 3.18. The number of aromatic nitrogens is 4. The van der Waals surface area contributed by atoms with Crippen LogP contribution in [0.5, 0.6) is 0 Å². The molecule has 5 nitrogen and oxygen atoms in total. The molecule has 5 heteroatoms. The molecule has 0 fully saturated rings. The van der Waals surface area contributed by atoms with Gasteiger partial charge >= 0.3 is 0 Å².